The van der Waals surface area contributed by atoms with Crippen molar-refractivity contribution in [1.29, 1.82) is 0 Å². The Morgan fingerprint density at radius 2 is 2.00 bits per heavy atom. The van der Waals surface area contributed by atoms with Gasteiger partial charge >= 0.3 is 0 Å². The first-order chi connectivity index (χ1) is 4.41. The highest BCUT2D eigenvalue weighted by atomic mass is 28.2. The minimum atomic E-state index is 0.744. The van der Waals surface area contributed by atoms with Gasteiger partial charge in [0.15, 0.2) is 0 Å². The van der Waals surface area contributed by atoms with Gasteiger partial charge in [-0.05, 0) is 19.5 Å². The van der Waals surface area contributed by atoms with Gasteiger partial charge in [-0.3, -0.25) is 0 Å². The van der Waals surface area contributed by atoms with Gasteiger partial charge < -0.3 is 16.0 Å². The second kappa shape index (κ2) is 8.10. The highest BCUT2D eigenvalue weighted by Gasteiger charge is 1.82. The SMILES string of the molecule is NCCNCCCN[SiH3]. The van der Waals surface area contributed by atoms with Crippen LogP contribution in [0.2, 0.25) is 0 Å². The average Bonchev–Trinajstić information content (AvgIpc) is 1.89. The van der Waals surface area contributed by atoms with Crippen molar-refractivity contribution in [3.05, 3.63) is 0 Å². The summed E-state index contributed by atoms with van der Waals surface area (Å²) in [5.41, 5.74) is 5.27. The number of nitrogens with one attached hydrogen (secondary N) is 2. The monoisotopic (exact) mass is 147 g/mol. The van der Waals surface area contributed by atoms with Gasteiger partial charge in [-0.2, -0.15) is 0 Å². The fourth-order valence-electron chi connectivity index (χ4n) is 0.617. The van der Waals surface area contributed by atoms with Crippen LogP contribution in [-0.4, -0.2) is 36.6 Å². The normalized spacial score (nSPS) is 10.3. The number of nitrogens with two attached hydrogens (primary N) is 1. The van der Waals surface area contributed by atoms with Crippen LogP contribution in [0.5, 0.6) is 0 Å². The Bertz CT molecular complexity index is 45.5. The topological polar surface area (TPSA) is 50.1 Å². The summed E-state index contributed by atoms with van der Waals surface area (Å²) in [6.45, 7) is 3.92. The Hall–Kier alpha value is 0.0969. The van der Waals surface area contributed by atoms with Crippen LogP contribution >= 0.6 is 0 Å². The third-order valence-corrected chi connectivity index (χ3v) is 1.60. The molecular weight excluding hydrogens is 130 g/mol. The van der Waals surface area contributed by atoms with Gasteiger partial charge in [-0.1, -0.05) is 0 Å². The van der Waals surface area contributed by atoms with E-state index in [9.17, 15) is 0 Å². The van der Waals surface area contributed by atoms with Crippen LogP contribution in [0.25, 0.3) is 0 Å². The smallest absolute Gasteiger partial charge is 0.0749 e. The minimum absolute atomic E-state index is 0.744. The van der Waals surface area contributed by atoms with E-state index < -0.39 is 0 Å². The molecule has 56 valence electrons. The highest BCUT2D eigenvalue weighted by molar-refractivity contribution is 6.04. The van der Waals surface area contributed by atoms with Gasteiger partial charge in [-0.15, -0.1) is 0 Å². The molecule has 0 fully saturated rings. The lowest BCUT2D eigenvalue weighted by Crippen LogP contribution is -2.25. The molecule has 0 saturated carbocycles. The van der Waals surface area contributed by atoms with E-state index in [1.807, 2.05) is 0 Å². The van der Waals surface area contributed by atoms with Gasteiger partial charge in [0.2, 0.25) is 0 Å². The second-order valence-electron chi connectivity index (χ2n) is 2.00. The van der Waals surface area contributed by atoms with Crippen molar-refractivity contribution in [2.24, 2.45) is 5.73 Å². The summed E-state index contributed by atoms with van der Waals surface area (Å²) in [7, 11) is 1.11. The van der Waals surface area contributed by atoms with Crippen LogP contribution in [0, 0.1) is 0 Å². The molecule has 0 rings (SSSR count). The molecule has 0 atom stereocenters. The van der Waals surface area contributed by atoms with Crippen LogP contribution < -0.4 is 16.0 Å². The molecule has 0 aromatic carbocycles. The number of hydrogen-bond acceptors (Lipinski definition) is 3. The largest absolute Gasteiger partial charge is 0.345 e. The van der Waals surface area contributed by atoms with E-state index in [1.54, 1.807) is 0 Å². The Morgan fingerprint density at radius 3 is 2.56 bits per heavy atom. The zero-order valence-corrected chi connectivity index (χ0v) is 8.11. The van der Waals surface area contributed by atoms with Crippen molar-refractivity contribution in [3.63, 3.8) is 0 Å². The molecule has 3 nitrogen and oxygen atoms in total. The molecule has 0 unspecified atom stereocenters. The number of rotatable bonds is 6. The van der Waals surface area contributed by atoms with Crippen molar-refractivity contribution in [2.75, 3.05) is 26.2 Å². The molecule has 0 aliphatic rings. The van der Waals surface area contributed by atoms with Gasteiger partial charge in [0.1, 0.15) is 0 Å². The molecule has 0 aromatic rings. The van der Waals surface area contributed by atoms with Gasteiger partial charge in [-0.25, -0.2) is 0 Å². The first-order valence-corrected chi connectivity index (χ1v) is 4.47. The van der Waals surface area contributed by atoms with Gasteiger partial charge in [0.05, 0.1) is 10.4 Å². The van der Waals surface area contributed by atoms with Gasteiger partial charge in [0.25, 0.3) is 0 Å². The molecule has 0 bridgehead atoms. The summed E-state index contributed by atoms with van der Waals surface area (Å²) >= 11 is 0. The molecule has 0 aliphatic carbocycles. The predicted molar refractivity (Wildman–Crippen MR) is 44.5 cm³/mol. The number of hydrogen-bond donors (Lipinski definition) is 3. The van der Waals surface area contributed by atoms with Crippen LogP contribution in [0.15, 0.2) is 0 Å². The summed E-state index contributed by atoms with van der Waals surface area (Å²) in [6.07, 6.45) is 1.21. The molecule has 0 radical (unpaired) electrons. The molecule has 9 heavy (non-hydrogen) atoms. The van der Waals surface area contributed by atoms with Crippen molar-refractivity contribution in [2.45, 2.75) is 6.42 Å². The molecule has 4 N–H and O–H groups in total. The van der Waals surface area contributed by atoms with E-state index in [1.165, 1.54) is 6.42 Å². The summed E-state index contributed by atoms with van der Waals surface area (Å²) < 4.78 is 0. The molecule has 0 heterocycles. The van der Waals surface area contributed by atoms with Gasteiger partial charge in [0, 0.05) is 13.1 Å². The van der Waals surface area contributed by atoms with E-state index >= 15 is 0 Å². The summed E-state index contributed by atoms with van der Waals surface area (Å²) in [5.74, 6) is 0. The van der Waals surface area contributed by atoms with E-state index in [2.05, 4.69) is 10.3 Å². The van der Waals surface area contributed by atoms with Crippen LogP contribution in [0.4, 0.5) is 0 Å². The molecule has 0 saturated heterocycles. The fourth-order valence-corrected chi connectivity index (χ4v) is 0.971. The minimum Gasteiger partial charge on any atom is -0.345 e. The summed E-state index contributed by atoms with van der Waals surface area (Å²) in [5, 5.41) is 3.22. The highest BCUT2D eigenvalue weighted by Crippen LogP contribution is 1.68. The Labute approximate surface area is 59.9 Å². The van der Waals surface area contributed by atoms with E-state index in [4.69, 9.17) is 5.73 Å². The molecule has 0 amide bonds. The molecule has 0 aromatic heterocycles. The molecule has 4 heteroatoms. The Kier molecular flexibility index (Phi) is 8.18. The molecule has 0 spiro atoms. The first kappa shape index (κ1) is 9.10. The maximum atomic E-state index is 5.27. The lowest BCUT2D eigenvalue weighted by atomic mass is 10.4. The van der Waals surface area contributed by atoms with Crippen LogP contribution in [-0.2, 0) is 0 Å². The maximum absolute atomic E-state index is 5.27. The fraction of sp³-hybridized carbons (Fsp3) is 1.00. The Morgan fingerprint density at radius 1 is 1.22 bits per heavy atom. The third-order valence-electron chi connectivity index (χ3n) is 1.10. The Balaban J connectivity index is 2.60. The molecular formula is C5H17N3Si. The predicted octanol–water partition coefficient (Wildman–Crippen LogP) is -2.21. The van der Waals surface area contributed by atoms with E-state index in [-0.39, 0.29) is 0 Å². The zero-order chi connectivity index (χ0) is 6.95. The van der Waals surface area contributed by atoms with Crippen molar-refractivity contribution in [1.82, 2.24) is 10.3 Å². The van der Waals surface area contributed by atoms with Crippen molar-refractivity contribution in [3.8, 4) is 0 Å². The lowest BCUT2D eigenvalue weighted by Gasteiger charge is -2.00. The third kappa shape index (κ3) is 8.10. The lowest BCUT2D eigenvalue weighted by molar-refractivity contribution is 0.649. The standard InChI is InChI=1S/C5H17N3Si/c6-2-5-7-3-1-4-8-9/h7-8H,1-6H2,9H3. The van der Waals surface area contributed by atoms with Crippen molar-refractivity contribution >= 4 is 10.4 Å². The van der Waals surface area contributed by atoms with E-state index in [0.29, 0.717) is 0 Å². The van der Waals surface area contributed by atoms with Crippen LogP contribution in [0.3, 0.4) is 0 Å². The second-order valence-corrected chi connectivity index (χ2v) is 2.70. The van der Waals surface area contributed by atoms with E-state index in [0.717, 1.165) is 36.6 Å². The summed E-state index contributed by atoms with van der Waals surface area (Å²) in [4.78, 5) is 3.21. The maximum Gasteiger partial charge on any atom is 0.0749 e. The average molecular weight is 147 g/mol. The molecule has 0 aliphatic heterocycles. The summed E-state index contributed by atoms with van der Waals surface area (Å²) in [6, 6.07) is 0. The van der Waals surface area contributed by atoms with Crippen molar-refractivity contribution < 1.29 is 0 Å². The zero-order valence-electron chi connectivity index (χ0n) is 6.11. The quantitative estimate of drug-likeness (QED) is 0.295. The van der Waals surface area contributed by atoms with Crippen LogP contribution in [0.1, 0.15) is 6.42 Å². The first-order valence-electron chi connectivity index (χ1n) is 3.47.